The predicted octanol–water partition coefficient (Wildman–Crippen LogP) is 3.65. The van der Waals surface area contributed by atoms with Gasteiger partial charge in [-0.25, -0.2) is 0 Å². The molecule has 4 nitrogen and oxygen atoms in total. The fourth-order valence-electron chi connectivity index (χ4n) is 3.26. The molecule has 0 aliphatic carbocycles. The second-order valence-electron chi connectivity index (χ2n) is 6.25. The third-order valence-electron chi connectivity index (χ3n) is 4.66. The van der Waals surface area contributed by atoms with Gasteiger partial charge in [0.05, 0.1) is 12.5 Å². The average molecular weight is 337 g/mol. The van der Waals surface area contributed by atoms with E-state index in [0.29, 0.717) is 32.5 Å². The van der Waals surface area contributed by atoms with Crippen LogP contribution in [0.3, 0.4) is 0 Å². The lowest BCUT2D eigenvalue weighted by molar-refractivity contribution is -0.150. The molecule has 0 spiro atoms. The van der Waals surface area contributed by atoms with Crippen LogP contribution >= 0.6 is 0 Å². The first-order chi connectivity index (χ1) is 12.2. The van der Waals surface area contributed by atoms with E-state index in [1.807, 2.05) is 37.3 Å². The summed E-state index contributed by atoms with van der Waals surface area (Å²) in [5, 5.41) is 2.29. The predicted molar refractivity (Wildman–Crippen MR) is 98.9 cm³/mol. The van der Waals surface area contributed by atoms with Gasteiger partial charge >= 0.3 is 5.97 Å². The van der Waals surface area contributed by atoms with Crippen LogP contribution in [0.15, 0.2) is 48.5 Å². The molecule has 1 aliphatic rings. The van der Waals surface area contributed by atoms with E-state index >= 15 is 0 Å². The lowest BCUT2D eigenvalue weighted by Gasteiger charge is -2.30. The molecule has 25 heavy (non-hydrogen) atoms. The largest absolute Gasteiger partial charge is 0.466 e. The Labute approximate surface area is 148 Å². The molecule has 1 fully saturated rings. The fraction of sp³-hybridized carbons (Fsp3) is 0.333. The quantitative estimate of drug-likeness (QED) is 0.632. The van der Waals surface area contributed by atoms with Crippen molar-refractivity contribution < 1.29 is 14.3 Å². The minimum atomic E-state index is -0.138. The molecular weight excluding hydrogens is 314 g/mol. The van der Waals surface area contributed by atoms with Gasteiger partial charge < -0.3 is 9.64 Å². The number of carbonyl (C=O) groups excluding carboxylic acids is 2. The highest BCUT2D eigenvalue weighted by Crippen LogP contribution is 2.21. The first-order valence-corrected chi connectivity index (χ1v) is 8.80. The molecule has 0 saturated carbocycles. The van der Waals surface area contributed by atoms with Crippen molar-refractivity contribution in [2.45, 2.75) is 19.8 Å². The van der Waals surface area contributed by atoms with Gasteiger partial charge in [-0.15, -0.1) is 0 Å². The van der Waals surface area contributed by atoms with Crippen LogP contribution < -0.4 is 0 Å². The van der Waals surface area contributed by atoms with Gasteiger partial charge in [-0.05, 0) is 42.2 Å². The molecule has 2 aromatic rings. The molecule has 0 radical (unpaired) electrons. The molecule has 1 heterocycles. The SMILES string of the molecule is CCOC(=O)C1CCN(C(=O)/C=C/c2cccc3ccccc23)CC1. The van der Waals surface area contributed by atoms with Crippen LogP contribution in [-0.2, 0) is 14.3 Å². The van der Waals surface area contributed by atoms with E-state index in [1.165, 1.54) is 0 Å². The van der Waals surface area contributed by atoms with E-state index in [1.54, 1.807) is 11.0 Å². The topological polar surface area (TPSA) is 46.6 Å². The van der Waals surface area contributed by atoms with Crippen molar-refractivity contribution in [2.24, 2.45) is 5.92 Å². The molecule has 2 aromatic carbocycles. The van der Waals surface area contributed by atoms with Crippen LogP contribution in [0.4, 0.5) is 0 Å². The van der Waals surface area contributed by atoms with E-state index in [-0.39, 0.29) is 17.8 Å². The maximum Gasteiger partial charge on any atom is 0.309 e. The standard InChI is InChI=1S/C21H23NO3/c1-2-25-21(24)18-12-14-22(15-13-18)20(23)11-10-17-8-5-7-16-6-3-4-9-19(16)17/h3-11,18H,2,12-15H2,1H3/b11-10+. The molecule has 1 aliphatic heterocycles. The number of amides is 1. The Morgan fingerprint density at radius 2 is 1.84 bits per heavy atom. The first kappa shape index (κ1) is 17.2. The smallest absolute Gasteiger partial charge is 0.309 e. The highest BCUT2D eigenvalue weighted by Gasteiger charge is 2.27. The Kier molecular flexibility index (Phi) is 5.49. The Morgan fingerprint density at radius 3 is 2.60 bits per heavy atom. The Balaban J connectivity index is 1.63. The number of nitrogens with zero attached hydrogens (tertiary/aromatic N) is 1. The molecule has 3 rings (SSSR count). The van der Waals surface area contributed by atoms with Gasteiger partial charge in [0.15, 0.2) is 0 Å². The van der Waals surface area contributed by atoms with Crippen molar-refractivity contribution in [3.05, 3.63) is 54.1 Å². The fourth-order valence-corrected chi connectivity index (χ4v) is 3.26. The molecular formula is C21H23NO3. The van der Waals surface area contributed by atoms with Crippen molar-refractivity contribution >= 4 is 28.7 Å². The van der Waals surface area contributed by atoms with E-state index in [2.05, 4.69) is 18.2 Å². The average Bonchev–Trinajstić information content (AvgIpc) is 2.66. The summed E-state index contributed by atoms with van der Waals surface area (Å²) in [6, 6.07) is 14.2. The number of ether oxygens (including phenoxy) is 1. The monoisotopic (exact) mass is 337 g/mol. The summed E-state index contributed by atoms with van der Waals surface area (Å²) in [6.07, 6.45) is 4.86. The number of hydrogen-bond donors (Lipinski definition) is 0. The van der Waals surface area contributed by atoms with Gasteiger partial charge in [0.25, 0.3) is 0 Å². The Hall–Kier alpha value is -2.62. The van der Waals surface area contributed by atoms with Crippen LogP contribution in [0.5, 0.6) is 0 Å². The minimum Gasteiger partial charge on any atom is -0.466 e. The molecule has 0 unspecified atom stereocenters. The number of esters is 1. The van der Waals surface area contributed by atoms with Gasteiger partial charge in [-0.1, -0.05) is 42.5 Å². The highest BCUT2D eigenvalue weighted by atomic mass is 16.5. The zero-order valence-corrected chi connectivity index (χ0v) is 14.5. The molecule has 1 saturated heterocycles. The summed E-state index contributed by atoms with van der Waals surface area (Å²) in [5.41, 5.74) is 1.04. The molecule has 0 bridgehead atoms. The van der Waals surface area contributed by atoms with Crippen LogP contribution in [0, 0.1) is 5.92 Å². The molecule has 0 N–H and O–H groups in total. The van der Waals surface area contributed by atoms with Crippen molar-refractivity contribution in [3.8, 4) is 0 Å². The number of rotatable bonds is 4. The number of fused-ring (bicyclic) bond motifs is 1. The normalized spacial score (nSPS) is 15.6. The molecule has 4 heteroatoms. The summed E-state index contributed by atoms with van der Waals surface area (Å²) < 4.78 is 5.07. The van der Waals surface area contributed by atoms with Gasteiger partial charge in [-0.2, -0.15) is 0 Å². The van der Waals surface area contributed by atoms with Crippen molar-refractivity contribution in [2.75, 3.05) is 19.7 Å². The van der Waals surface area contributed by atoms with Crippen molar-refractivity contribution in [1.29, 1.82) is 0 Å². The van der Waals surface area contributed by atoms with Crippen LogP contribution in [0.1, 0.15) is 25.3 Å². The van der Waals surface area contributed by atoms with E-state index in [0.717, 1.165) is 16.3 Å². The third kappa shape index (κ3) is 4.08. The summed E-state index contributed by atoms with van der Waals surface area (Å²) >= 11 is 0. The maximum atomic E-state index is 12.4. The Morgan fingerprint density at radius 1 is 1.12 bits per heavy atom. The first-order valence-electron chi connectivity index (χ1n) is 8.80. The third-order valence-corrected chi connectivity index (χ3v) is 4.66. The Bertz CT molecular complexity index is 783. The number of carbonyl (C=O) groups is 2. The van der Waals surface area contributed by atoms with Crippen LogP contribution in [-0.4, -0.2) is 36.5 Å². The van der Waals surface area contributed by atoms with Crippen LogP contribution in [0.2, 0.25) is 0 Å². The summed E-state index contributed by atoms with van der Waals surface area (Å²) in [6.45, 7) is 3.42. The van der Waals surface area contributed by atoms with E-state index < -0.39 is 0 Å². The molecule has 130 valence electrons. The minimum absolute atomic E-state index is 0.00440. The summed E-state index contributed by atoms with van der Waals surface area (Å²) in [4.78, 5) is 26.0. The molecule has 1 amide bonds. The van der Waals surface area contributed by atoms with Gasteiger partial charge in [0.2, 0.25) is 5.91 Å². The zero-order valence-electron chi connectivity index (χ0n) is 14.5. The van der Waals surface area contributed by atoms with Gasteiger partial charge in [0.1, 0.15) is 0 Å². The lowest BCUT2D eigenvalue weighted by atomic mass is 9.97. The number of likely N-dealkylation sites (tertiary alicyclic amines) is 1. The number of piperidine rings is 1. The second kappa shape index (κ2) is 7.97. The van der Waals surface area contributed by atoms with Crippen molar-refractivity contribution in [1.82, 2.24) is 4.90 Å². The van der Waals surface area contributed by atoms with E-state index in [9.17, 15) is 9.59 Å². The van der Waals surface area contributed by atoms with E-state index in [4.69, 9.17) is 4.74 Å². The van der Waals surface area contributed by atoms with Gasteiger partial charge in [-0.3, -0.25) is 9.59 Å². The van der Waals surface area contributed by atoms with Gasteiger partial charge in [0, 0.05) is 19.2 Å². The number of benzene rings is 2. The summed E-state index contributed by atoms with van der Waals surface area (Å²) in [7, 11) is 0. The zero-order chi connectivity index (χ0) is 17.6. The lowest BCUT2D eigenvalue weighted by Crippen LogP contribution is -2.39. The molecule has 0 atom stereocenters. The second-order valence-corrected chi connectivity index (χ2v) is 6.25. The summed E-state index contributed by atoms with van der Waals surface area (Å²) in [5.74, 6) is -0.220. The molecule has 0 aromatic heterocycles. The van der Waals surface area contributed by atoms with Crippen molar-refractivity contribution in [3.63, 3.8) is 0 Å². The highest BCUT2D eigenvalue weighted by molar-refractivity contribution is 5.96. The van der Waals surface area contributed by atoms with Crippen LogP contribution in [0.25, 0.3) is 16.8 Å². The number of hydrogen-bond acceptors (Lipinski definition) is 3. The maximum absolute atomic E-state index is 12.4.